The van der Waals surface area contributed by atoms with Gasteiger partial charge in [-0.3, -0.25) is 0 Å². The lowest BCUT2D eigenvalue weighted by molar-refractivity contribution is 0.0559. The number of hydrogen-bond acceptors (Lipinski definition) is 2. The maximum Gasteiger partial charge on any atom is 0.0354 e. The lowest BCUT2D eigenvalue weighted by Crippen LogP contribution is -2.58. The first kappa shape index (κ1) is 11.0. The maximum atomic E-state index is 6.12. The van der Waals surface area contributed by atoms with Crippen LogP contribution >= 0.6 is 0 Å². The average molecular weight is 184 g/mol. The van der Waals surface area contributed by atoms with Crippen LogP contribution in [0.15, 0.2) is 0 Å². The molecule has 0 saturated heterocycles. The van der Waals surface area contributed by atoms with Gasteiger partial charge in [0.15, 0.2) is 0 Å². The van der Waals surface area contributed by atoms with E-state index in [1.54, 1.807) is 0 Å². The molecule has 2 N–H and O–H groups in total. The Morgan fingerprint density at radius 2 is 2.08 bits per heavy atom. The molecule has 0 aromatic rings. The van der Waals surface area contributed by atoms with E-state index in [2.05, 4.69) is 32.8 Å². The van der Waals surface area contributed by atoms with Crippen molar-refractivity contribution in [1.29, 1.82) is 0 Å². The summed E-state index contributed by atoms with van der Waals surface area (Å²) >= 11 is 0. The van der Waals surface area contributed by atoms with Crippen molar-refractivity contribution >= 4 is 0 Å². The lowest BCUT2D eigenvalue weighted by Gasteiger charge is -2.48. The van der Waals surface area contributed by atoms with Crippen LogP contribution in [-0.2, 0) is 0 Å². The van der Waals surface area contributed by atoms with Crippen LogP contribution in [0.1, 0.15) is 39.5 Å². The normalized spacial score (nSPS) is 37.8. The van der Waals surface area contributed by atoms with Gasteiger partial charge in [-0.15, -0.1) is 0 Å². The van der Waals surface area contributed by atoms with Gasteiger partial charge in [0.05, 0.1) is 0 Å². The standard InChI is InChI=1S/C11H24N2/c1-9-6-5-7-11(8-9,10(2)12)13(3)4/h9-10H,5-8,12H2,1-4H3. The van der Waals surface area contributed by atoms with Crippen molar-refractivity contribution < 1.29 is 0 Å². The highest BCUT2D eigenvalue weighted by Gasteiger charge is 2.39. The Bertz CT molecular complexity index is 155. The van der Waals surface area contributed by atoms with Gasteiger partial charge in [0.2, 0.25) is 0 Å². The van der Waals surface area contributed by atoms with Crippen LogP contribution in [0.5, 0.6) is 0 Å². The zero-order valence-electron chi connectivity index (χ0n) is 9.51. The van der Waals surface area contributed by atoms with E-state index < -0.39 is 0 Å². The Kier molecular flexibility index (Phi) is 3.36. The van der Waals surface area contributed by atoms with E-state index in [9.17, 15) is 0 Å². The lowest BCUT2D eigenvalue weighted by atomic mass is 9.72. The van der Waals surface area contributed by atoms with Crippen molar-refractivity contribution in [1.82, 2.24) is 4.90 Å². The average Bonchev–Trinajstić information content (AvgIpc) is 2.03. The molecule has 1 saturated carbocycles. The summed E-state index contributed by atoms with van der Waals surface area (Å²) in [4.78, 5) is 2.34. The largest absolute Gasteiger partial charge is 0.326 e. The van der Waals surface area contributed by atoms with E-state index in [0.29, 0.717) is 0 Å². The number of rotatable bonds is 2. The molecular formula is C11H24N2. The quantitative estimate of drug-likeness (QED) is 0.709. The topological polar surface area (TPSA) is 29.3 Å². The van der Waals surface area contributed by atoms with Gasteiger partial charge in [-0.1, -0.05) is 19.8 Å². The second kappa shape index (κ2) is 3.97. The van der Waals surface area contributed by atoms with Gasteiger partial charge < -0.3 is 10.6 Å². The van der Waals surface area contributed by atoms with Crippen molar-refractivity contribution in [3.8, 4) is 0 Å². The Labute approximate surface area is 82.5 Å². The van der Waals surface area contributed by atoms with Crippen molar-refractivity contribution in [3.63, 3.8) is 0 Å². The molecule has 0 heterocycles. The molecule has 0 aliphatic heterocycles. The molecule has 3 unspecified atom stereocenters. The van der Waals surface area contributed by atoms with E-state index in [1.807, 2.05) is 0 Å². The van der Waals surface area contributed by atoms with Crippen LogP contribution < -0.4 is 5.73 Å². The molecule has 1 rings (SSSR count). The van der Waals surface area contributed by atoms with Gasteiger partial charge in [-0.25, -0.2) is 0 Å². The Balaban J connectivity index is 2.77. The molecule has 1 fully saturated rings. The molecular weight excluding hydrogens is 160 g/mol. The SMILES string of the molecule is CC1CCCC(C(C)N)(N(C)C)C1. The molecule has 3 atom stereocenters. The van der Waals surface area contributed by atoms with E-state index >= 15 is 0 Å². The number of hydrogen-bond donors (Lipinski definition) is 1. The van der Waals surface area contributed by atoms with Crippen molar-refractivity contribution in [3.05, 3.63) is 0 Å². The molecule has 0 bridgehead atoms. The molecule has 1 aliphatic rings. The van der Waals surface area contributed by atoms with E-state index in [4.69, 9.17) is 5.73 Å². The summed E-state index contributed by atoms with van der Waals surface area (Å²) in [5, 5.41) is 0. The molecule has 1 aliphatic carbocycles. The highest BCUT2D eigenvalue weighted by molar-refractivity contribution is 4.98. The fourth-order valence-corrected chi connectivity index (χ4v) is 2.79. The molecule has 0 aromatic carbocycles. The highest BCUT2D eigenvalue weighted by atomic mass is 15.2. The van der Waals surface area contributed by atoms with Crippen LogP contribution in [0.4, 0.5) is 0 Å². The van der Waals surface area contributed by atoms with Gasteiger partial charge in [-0.2, -0.15) is 0 Å². The van der Waals surface area contributed by atoms with Crippen LogP contribution in [-0.4, -0.2) is 30.6 Å². The van der Waals surface area contributed by atoms with Gasteiger partial charge in [0, 0.05) is 11.6 Å². The van der Waals surface area contributed by atoms with Crippen molar-refractivity contribution in [2.24, 2.45) is 11.7 Å². The Hall–Kier alpha value is -0.0800. The maximum absolute atomic E-state index is 6.12. The first-order valence-electron chi connectivity index (χ1n) is 5.42. The third kappa shape index (κ3) is 2.05. The van der Waals surface area contributed by atoms with Crippen molar-refractivity contribution in [2.45, 2.75) is 51.1 Å². The number of nitrogens with zero attached hydrogens (tertiary/aromatic N) is 1. The highest BCUT2D eigenvalue weighted by Crippen LogP contribution is 2.37. The Morgan fingerprint density at radius 1 is 1.46 bits per heavy atom. The zero-order chi connectivity index (χ0) is 10.1. The summed E-state index contributed by atoms with van der Waals surface area (Å²) in [5.74, 6) is 0.835. The predicted octanol–water partition coefficient (Wildman–Crippen LogP) is 1.84. The minimum atomic E-state index is 0.262. The molecule has 0 aromatic heterocycles. The summed E-state index contributed by atoms with van der Waals surface area (Å²) in [6, 6.07) is 0.283. The van der Waals surface area contributed by atoms with Crippen LogP contribution in [0.3, 0.4) is 0 Å². The van der Waals surface area contributed by atoms with E-state index in [-0.39, 0.29) is 11.6 Å². The second-order valence-corrected chi connectivity index (χ2v) is 4.99. The molecule has 0 amide bonds. The Morgan fingerprint density at radius 3 is 2.38 bits per heavy atom. The third-order valence-corrected chi connectivity index (χ3v) is 3.75. The van der Waals surface area contributed by atoms with E-state index in [0.717, 1.165) is 5.92 Å². The molecule has 0 radical (unpaired) electrons. The number of likely N-dealkylation sites (N-methyl/N-ethyl adjacent to an activating group) is 1. The summed E-state index contributed by atoms with van der Waals surface area (Å²) in [6.45, 7) is 4.50. The minimum Gasteiger partial charge on any atom is -0.326 e. The fourth-order valence-electron chi connectivity index (χ4n) is 2.79. The van der Waals surface area contributed by atoms with Gasteiger partial charge in [0.25, 0.3) is 0 Å². The summed E-state index contributed by atoms with van der Waals surface area (Å²) < 4.78 is 0. The number of nitrogens with two attached hydrogens (primary N) is 1. The van der Waals surface area contributed by atoms with Crippen molar-refractivity contribution in [2.75, 3.05) is 14.1 Å². The third-order valence-electron chi connectivity index (χ3n) is 3.75. The molecule has 2 nitrogen and oxygen atoms in total. The first-order chi connectivity index (χ1) is 5.99. The minimum absolute atomic E-state index is 0.262. The molecule has 2 heteroatoms. The molecule has 13 heavy (non-hydrogen) atoms. The first-order valence-corrected chi connectivity index (χ1v) is 5.42. The fraction of sp³-hybridized carbons (Fsp3) is 1.00. The van der Waals surface area contributed by atoms with Crippen LogP contribution in [0.2, 0.25) is 0 Å². The second-order valence-electron chi connectivity index (χ2n) is 4.99. The van der Waals surface area contributed by atoms with Gasteiger partial charge >= 0.3 is 0 Å². The van der Waals surface area contributed by atoms with Gasteiger partial charge in [0.1, 0.15) is 0 Å². The molecule has 78 valence electrons. The van der Waals surface area contributed by atoms with E-state index in [1.165, 1.54) is 25.7 Å². The monoisotopic (exact) mass is 184 g/mol. The summed E-state index contributed by atoms with van der Waals surface area (Å²) in [6.07, 6.45) is 5.24. The van der Waals surface area contributed by atoms with Gasteiger partial charge in [-0.05, 0) is 39.8 Å². The summed E-state index contributed by atoms with van der Waals surface area (Å²) in [5.41, 5.74) is 6.39. The van der Waals surface area contributed by atoms with Crippen LogP contribution in [0, 0.1) is 5.92 Å². The smallest absolute Gasteiger partial charge is 0.0354 e. The molecule has 0 spiro atoms. The van der Waals surface area contributed by atoms with Crippen LogP contribution in [0.25, 0.3) is 0 Å². The zero-order valence-corrected chi connectivity index (χ0v) is 9.51. The summed E-state index contributed by atoms with van der Waals surface area (Å²) in [7, 11) is 4.34. The predicted molar refractivity (Wildman–Crippen MR) is 57.7 cm³/mol.